The second-order valence-electron chi connectivity index (χ2n) is 6.76. The van der Waals surface area contributed by atoms with Gasteiger partial charge in [0.15, 0.2) is 0 Å². The minimum atomic E-state index is -3.50. The molecule has 2 aliphatic rings. The number of benzene rings is 2. The van der Waals surface area contributed by atoms with Crippen LogP contribution in [0.3, 0.4) is 0 Å². The number of nitrogens with zero attached hydrogens (tertiary/aromatic N) is 1. The maximum atomic E-state index is 13.1. The van der Waals surface area contributed by atoms with E-state index >= 15 is 0 Å². The van der Waals surface area contributed by atoms with Crippen molar-refractivity contribution in [3.63, 3.8) is 0 Å². The Morgan fingerprint density at radius 3 is 2.38 bits per heavy atom. The van der Waals surface area contributed by atoms with E-state index in [1.54, 1.807) is 16.4 Å². The summed E-state index contributed by atoms with van der Waals surface area (Å²) in [6, 6.07) is 17.4. The molecule has 2 aromatic carbocycles. The smallest absolute Gasteiger partial charge is 0.264 e. The van der Waals surface area contributed by atoms with Gasteiger partial charge in [-0.1, -0.05) is 48.0 Å². The van der Waals surface area contributed by atoms with Gasteiger partial charge in [0, 0.05) is 12.2 Å². The summed E-state index contributed by atoms with van der Waals surface area (Å²) in [4.78, 5) is 0.377. The maximum absolute atomic E-state index is 13.1. The summed E-state index contributed by atoms with van der Waals surface area (Å²) >= 11 is 0. The van der Waals surface area contributed by atoms with Crippen LogP contribution in [-0.2, 0) is 10.0 Å². The van der Waals surface area contributed by atoms with Gasteiger partial charge in [-0.25, -0.2) is 8.42 Å². The van der Waals surface area contributed by atoms with Gasteiger partial charge in [-0.05, 0) is 55.4 Å². The van der Waals surface area contributed by atoms with Gasteiger partial charge in [0.1, 0.15) is 0 Å². The Bertz CT molecular complexity index is 870. The highest BCUT2D eigenvalue weighted by atomic mass is 32.2. The van der Waals surface area contributed by atoms with Crippen LogP contribution in [0.1, 0.15) is 30.4 Å². The van der Waals surface area contributed by atoms with E-state index in [0.29, 0.717) is 10.8 Å². The van der Waals surface area contributed by atoms with E-state index in [-0.39, 0.29) is 6.04 Å². The molecule has 0 saturated heterocycles. The number of aryl methyl sites for hydroxylation is 1. The van der Waals surface area contributed by atoms with E-state index in [1.165, 1.54) is 0 Å². The van der Waals surface area contributed by atoms with Crippen LogP contribution in [0, 0.1) is 12.8 Å². The van der Waals surface area contributed by atoms with E-state index in [4.69, 9.17) is 0 Å². The molecule has 2 bridgehead atoms. The minimum Gasteiger partial charge on any atom is -0.270 e. The van der Waals surface area contributed by atoms with Crippen LogP contribution in [0.25, 0.3) is 5.57 Å². The molecule has 124 valence electrons. The molecule has 0 aromatic heterocycles. The normalized spacial score (nSPS) is 23.2. The highest BCUT2D eigenvalue weighted by Gasteiger charge is 2.40. The van der Waals surface area contributed by atoms with Crippen LogP contribution in [0.4, 0.5) is 0 Å². The van der Waals surface area contributed by atoms with Crippen molar-refractivity contribution in [3.05, 3.63) is 71.9 Å². The third-order valence-electron chi connectivity index (χ3n) is 5.17. The minimum absolute atomic E-state index is 0.0914. The lowest BCUT2D eigenvalue weighted by atomic mass is 9.90. The highest BCUT2D eigenvalue weighted by Crippen LogP contribution is 2.45. The number of hydrogen-bond acceptors (Lipinski definition) is 2. The fraction of sp³-hybridized carbons (Fsp3) is 0.300. The second kappa shape index (κ2) is 5.78. The molecule has 3 nitrogen and oxygen atoms in total. The summed E-state index contributed by atoms with van der Waals surface area (Å²) in [6.45, 7) is 1.96. The molecule has 4 heteroatoms. The molecule has 0 amide bonds. The number of allylic oxidation sites excluding steroid dienone is 1. The van der Waals surface area contributed by atoms with Crippen LogP contribution in [0.15, 0.2) is 65.7 Å². The molecule has 0 radical (unpaired) electrons. The SMILES string of the molecule is Cc1ccc(S(=O)(=O)N2C=C(c3ccccc3)C3CCC2C3)cc1. The first kappa shape index (κ1) is 15.5. The maximum Gasteiger partial charge on any atom is 0.264 e. The molecular formula is C20H21NO2S. The third kappa shape index (κ3) is 2.55. The van der Waals surface area contributed by atoms with Gasteiger partial charge in [-0.2, -0.15) is 0 Å². The van der Waals surface area contributed by atoms with Gasteiger partial charge in [0.2, 0.25) is 0 Å². The van der Waals surface area contributed by atoms with Gasteiger partial charge in [-0.3, -0.25) is 4.31 Å². The molecule has 0 N–H and O–H groups in total. The average molecular weight is 339 g/mol. The summed E-state index contributed by atoms with van der Waals surface area (Å²) in [6.07, 6.45) is 4.80. The topological polar surface area (TPSA) is 37.4 Å². The fourth-order valence-electron chi connectivity index (χ4n) is 3.86. The number of hydrogen-bond donors (Lipinski definition) is 0. The lowest BCUT2D eigenvalue weighted by molar-refractivity contribution is 0.387. The van der Waals surface area contributed by atoms with Crippen LogP contribution in [-0.4, -0.2) is 18.8 Å². The Balaban J connectivity index is 1.78. The zero-order valence-corrected chi connectivity index (χ0v) is 14.5. The largest absolute Gasteiger partial charge is 0.270 e. The van der Waals surface area contributed by atoms with Crippen molar-refractivity contribution in [2.45, 2.75) is 37.1 Å². The van der Waals surface area contributed by atoms with E-state index in [9.17, 15) is 8.42 Å². The van der Waals surface area contributed by atoms with Gasteiger partial charge in [0.25, 0.3) is 10.0 Å². The van der Waals surface area contributed by atoms with E-state index < -0.39 is 10.0 Å². The lowest BCUT2D eigenvalue weighted by Gasteiger charge is -2.32. The van der Waals surface area contributed by atoms with E-state index in [0.717, 1.165) is 36.0 Å². The molecule has 2 unspecified atom stereocenters. The summed E-state index contributed by atoms with van der Waals surface area (Å²) in [7, 11) is -3.50. The van der Waals surface area contributed by atoms with Crippen LogP contribution >= 0.6 is 0 Å². The van der Waals surface area contributed by atoms with Crippen LogP contribution in [0.5, 0.6) is 0 Å². The van der Waals surface area contributed by atoms with Crippen molar-refractivity contribution in [1.82, 2.24) is 4.31 Å². The van der Waals surface area contributed by atoms with Crippen LogP contribution in [0.2, 0.25) is 0 Å². The first-order valence-electron chi connectivity index (χ1n) is 8.43. The van der Waals surface area contributed by atoms with Gasteiger partial charge in [-0.15, -0.1) is 0 Å². The molecule has 2 aromatic rings. The first-order valence-corrected chi connectivity index (χ1v) is 9.87. The second-order valence-corrected chi connectivity index (χ2v) is 8.61. The molecule has 1 saturated carbocycles. The molecule has 1 aliphatic carbocycles. The monoisotopic (exact) mass is 339 g/mol. The lowest BCUT2D eigenvalue weighted by Crippen LogP contribution is -2.37. The Morgan fingerprint density at radius 1 is 0.958 bits per heavy atom. The molecule has 2 atom stereocenters. The first-order chi connectivity index (χ1) is 11.6. The summed E-state index contributed by atoms with van der Waals surface area (Å²) in [5.41, 5.74) is 3.35. The summed E-state index contributed by atoms with van der Waals surface area (Å²) in [5, 5.41) is 0. The Morgan fingerprint density at radius 2 is 1.67 bits per heavy atom. The van der Waals surface area contributed by atoms with Crippen molar-refractivity contribution in [3.8, 4) is 0 Å². The van der Waals surface area contributed by atoms with Crippen molar-refractivity contribution < 1.29 is 8.42 Å². The van der Waals surface area contributed by atoms with E-state index in [1.807, 2.05) is 43.5 Å². The fourth-order valence-corrected chi connectivity index (χ4v) is 5.42. The molecular weight excluding hydrogens is 318 g/mol. The molecule has 24 heavy (non-hydrogen) atoms. The van der Waals surface area contributed by atoms with Crippen LogP contribution < -0.4 is 0 Å². The summed E-state index contributed by atoms with van der Waals surface area (Å²) in [5.74, 6) is 0.474. The van der Waals surface area contributed by atoms with E-state index in [2.05, 4.69) is 12.1 Å². The number of sulfonamides is 1. The van der Waals surface area contributed by atoms with Crippen molar-refractivity contribution in [2.24, 2.45) is 5.92 Å². The summed E-state index contributed by atoms with van der Waals surface area (Å²) < 4.78 is 27.9. The highest BCUT2D eigenvalue weighted by molar-refractivity contribution is 7.89. The molecule has 4 rings (SSSR count). The van der Waals surface area contributed by atoms with Gasteiger partial charge < -0.3 is 0 Å². The molecule has 1 aliphatic heterocycles. The van der Waals surface area contributed by atoms with Gasteiger partial charge >= 0.3 is 0 Å². The Labute approximate surface area is 143 Å². The quantitative estimate of drug-likeness (QED) is 0.840. The predicted molar refractivity (Wildman–Crippen MR) is 95.8 cm³/mol. The van der Waals surface area contributed by atoms with Crippen molar-refractivity contribution in [2.75, 3.05) is 0 Å². The Hall–Kier alpha value is -2.07. The standard InChI is InChI=1S/C20H21NO2S/c1-15-7-11-19(12-8-15)24(22,23)21-14-20(16-5-3-2-4-6-16)17-9-10-18(21)13-17/h2-8,11-12,14,17-18H,9-10,13H2,1H3. The van der Waals surface area contributed by atoms with Gasteiger partial charge in [0.05, 0.1) is 4.90 Å². The molecule has 1 fully saturated rings. The zero-order valence-electron chi connectivity index (χ0n) is 13.7. The predicted octanol–water partition coefficient (Wildman–Crippen LogP) is 4.21. The Kier molecular flexibility index (Phi) is 3.72. The third-order valence-corrected chi connectivity index (χ3v) is 7.00. The number of fused-ring (bicyclic) bond motifs is 2. The van der Waals surface area contributed by atoms with Crippen molar-refractivity contribution in [1.29, 1.82) is 0 Å². The average Bonchev–Trinajstić information content (AvgIpc) is 2.99. The molecule has 1 heterocycles. The number of rotatable bonds is 3. The van der Waals surface area contributed by atoms with Crippen molar-refractivity contribution >= 4 is 15.6 Å². The zero-order chi connectivity index (χ0) is 16.7. The molecule has 0 spiro atoms.